The van der Waals surface area contributed by atoms with Crippen LogP contribution in [0.3, 0.4) is 0 Å². The van der Waals surface area contributed by atoms with Gasteiger partial charge in [0.05, 0.1) is 5.52 Å². The molecule has 98 valence electrons. The standard InChI is InChI=1S/C17H19NO/c1-11(2)5-6-14-10-17-16(9-12(14)3)15(13(4)19)7-8-18-17/h7-10H,1,5-6H2,2-4H3. The molecule has 0 N–H and O–H groups in total. The molecule has 2 nitrogen and oxygen atoms in total. The smallest absolute Gasteiger partial charge is 0.160 e. The van der Waals surface area contributed by atoms with E-state index in [2.05, 4.69) is 30.6 Å². The normalized spacial score (nSPS) is 10.7. The molecule has 0 fully saturated rings. The first-order chi connectivity index (χ1) is 8.99. The first-order valence-electron chi connectivity index (χ1n) is 6.52. The Morgan fingerprint density at radius 2 is 2.05 bits per heavy atom. The lowest BCUT2D eigenvalue weighted by Crippen LogP contribution is -1.98. The van der Waals surface area contributed by atoms with Crippen LogP contribution in [0.2, 0.25) is 0 Å². The highest BCUT2D eigenvalue weighted by Gasteiger charge is 2.09. The quantitative estimate of drug-likeness (QED) is 0.602. The zero-order valence-electron chi connectivity index (χ0n) is 11.8. The van der Waals surface area contributed by atoms with Gasteiger partial charge in [-0.15, -0.1) is 6.58 Å². The summed E-state index contributed by atoms with van der Waals surface area (Å²) >= 11 is 0. The largest absolute Gasteiger partial charge is 0.294 e. The second-order valence-corrected chi connectivity index (χ2v) is 5.17. The Morgan fingerprint density at radius 1 is 1.32 bits per heavy atom. The topological polar surface area (TPSA) is 30.0 Å². The minimum atomic E-state index is 0.0847. The molecule has 0 radical (unpaired) electrons. The molecule has 0 aliphatic heterocycles. The monoisotopic (exact) mass is 253 g/mol. The number of nitrogens with zero attached hydrogens (tertiary/aromatic N) is 1. The highest BCUT2D eigenvalue weighted by Crippen LogP contribution is 2.23. The Labute approximate surface area is 114 Å². The predicted octanol–water partition coefficient (Wildman–Crippen LogP) is 4.25. The van der Waals surface area contributed by atoms with E-state index in [9.17, 15) is 4.79 Å². The zero-order valence-corrected chi connectivity index (χ0v) is 11.8. The summed E-state index contributed by atoms with van der Waals surface area (Å²) in [4.78, 5) is 16.0. The number of pyridine rings is 1. The van der Waals surface area contributed by atoms with Crippen LogP contribution >= 0.6 is 0 Å². The number of carbonyl (C=O) groups is 1. The third-order valence-corrected chi connectivity index (χ3v) is 3.40. The van der Waals surface area contributed by atoms with Gasteiger partial charge in [0.2, 0.25) is 0 Å². The molecule has 0 aliphatic carbocycles. The van der Waals surface area contributed by atoms with Crippen molar-refractivity contribution in [2.45, 2.75) is 33.6 Å². The molecule has 2 aromatic rings. The summed E-state index contributed by atoms with van der Waals surface area (Å²) in [5.41, 5.74) is 5.33. The Bertz CT molecular complexity index is 656. The fourth-order valence-electron chi connectivity index (χ4n) is 2.27. The van der Waals surface area contributed by atoms with Crippen molar-refractivity contribution in [1.82, 2.24) is 4.98 Å². The molecule has 1 aromatic carbocycles. The van der Waals surface area contributed by atoms with Crippen LogP contribution in [0.5, 0.6) is 0 Å². The van der Waals surface area contributed by atoms with Crippen molar-refractivity contribution in [1.29, 1.82) is 0 Å². The van der Waals surface area contributed by atoms with Crippen molar-refractivity contribution in [2.75, 3.05) is 0 Å². The number of carbonyl (C=O) groups excluding carboxylic acids is 1. The van der Waals surface area contributed by atoms with Crippen LogP contribution in [0, 0.1) is 6.92 Å². The number of aromatic nitrogens is 1. The number of rotatable bonds is 4. The van der Waals surface area contributed by atoms with Crippen molar-refractivity contribution < 1.29 is 4.79 Å². The highest BCUT2D eigenvalue weighted by molar-refractivity contribution is 6.06. The summed E-state index contributed by atoms with van der Waals surface area (Å²) in [5.74, 6) is 0.0847. The molecule has 0 saturated heterocycles. The Balaban J connectivity index is 2.52. The molecule has 0 saturated carbocycles. The SMILES string of the molecule is C=C(C)CCc1cc2nccc(C(C)=O)c2cc1C. The first kappa shape index (κ1) is 13.5. The molecule has 2 heteroatoms. The minimum Gasteiger partial charge on any atom is -0.294 e. The van der Waals surface area contributed by atoms with E-state index >= 15 is 0 Å². The first-order valence-corrected chi connectivity index (χ1v) is 6.52. The summed E-state index contributed by atoms with van der Waals surface area (Å²) in [7, 11) is 0. The van der Waals surface area contributed by atoms with Crippen LogP contribution < -0.4 is 0 Å². The molecule has 19 heavy (non-hydrogen) atoms. The molecule has 2 rings (SSSR count). The number of aryl methyl sites for hydroxylation is 2. The number of hydrogen-bond donors (Lipinski definition) is 0. The summed E-state index contributed by atoms with van der Waals surface area (Å²) in [6.45, 7) is 9.67. The molecule has 0 amide bonds. The molecule has 1 aromatic heterocycles. The van der Waals surface area contributed by atoms with Gasteiger partial charge in [0.25, 0.3) is 0 Å². The number of hydrogen-bond acceptors (Lipinski definition) is 2. The molecule has 0 unspecified atom stereocenters. The molecule has 0 bridgehead atoms. The molecule has 0 aliphatic rings. The van der Waals surface area contributed by atoms with Gasteiger partial charge in [-0.1, -0.05) is 5.57 Å². The lowest BCUT2D eigenvalue weighted by atomic mass is 9.97. The predicted molar refractivity (Wildman–Crippen MR) is 79.6 cm³/mol. The third kappa shape index (κ3) is 2.90. The van der Waals surface area contributed by atoms with Crippen LogP contribution in [0.25, 0.3) is 10.9 Å². The van der Waals surface area contributed by atoms with Gasteiger partial charge in [0.15, 0.2) is 5.78 Å². The van der Waals surface area contributed by atoms with E-state index in [4.69, 9.17) is 0 Å². The van der Waals surface area contributed by atoms with Gasteiger partial charge in [-0.25, -0.2) is 0 Å². The summed E-state index contributed by atoms with van der Waals surface area (Å²) < 4.78 is 0. The average molecular weight is 253 g/mol. The van der Waals surface area contributed by atoms with E-state index in [1.54, 1.807) is 19.2 Å². The Hall–Kier alpha value is -1.96. The van der Waals surface area contributed by atoms with Crippen LogP contribution in [0.1, 0.15) is 41.8 Å². The number of Topliss-reactive ketones (excluding diaryl/α,β-unsaturated/α-hetero) is 1. The second kappa shape index (κ2) is 5.35. The van der Waals surface area contributed by atoms with Crippen molar-refractivity contribution in [2.24, 2.45) is 0 Å². The van der Waals surface area contributed by atoms with Gasteiger partial charge < -0.3 is 0 Å². The van der Waals surface area contributed by atoms with Gasteiger partial charge in [-0.05, 0) is 62.9 Å². The average Bonchev–Trinajstić information content (AvgIpc) is 2.35. The van der Waals surface area contributed by atoms with Crippen LogP contribution in [-0.4, -0.2) is 10.8 Å². The van der Waals surface area contributed by atoms with Gasteiger partial charge in [-0.2, -0.15) is 0 Å². The van der Waals surface area contributed by atoms with Gasteiger partial charge >= 0.3 is 0 Å². The van der Waals surface area contributed by atoms with Crippen LogP contribution in [-0.2, 0) is 6.42 Å². The lowest BCUT2D eigenvalue weighted by molar-refractivity contribution is 0.101. The van der Waals surface area contributed by atoms with E-state index in [1.807, 2.05) is 6.92 Å². The maximum Gasteiger partial charge on any atom is 0.160 e. The Morgan fingerprint density at radius 3 is 2.68 bits per heavy atom. The van der Waals surface area contributed by atoms with E-state index in [0.717, 1.165) is 29.3 Å². The van der Waals surface area contributed by atoms with Crippen molar-refractivity contribution in [3.8, 4) is 0 Å². The highest BCUT2D eigenvalue weighted by atomic mass is 16.1. The van der Waals surface area contributed by atoms with Gasteiger partial charge in [-0.3, -0.25) is 9.78 Å². The maximum atomic E-state index is 11.6. The fourth-order valence-corrected chi connectivity index (χ4v) is 2.27. The van der Waals surface area contributed by atoms with Gasteiger partial charge in [0, 0.05) is 17.1 Å². The van der Waals surface area contributed by atoms with E-state index in [1.165, 1.54) is 16.7 Å². The maximum absolute atomic E-state index is 11.6. The van der Waals surface area contributed by atoms with Crippen LogP contribution in [0.4, 0.5) is 0 Å². The molecule has 1 heterocycles. The van der Waals surface area contributed by atoms with E-state index in [0.29, 0.717) is 0 Å². The number of ketones is 1. The second-order valence-electron chi connectivity index (χ2n) is 5.17. The fraction of sp³-hybridized carbons (Fsp3) is 0.294. The molecular weight excluding hydrogens is 234 g/mol. The molecule has 0 spiro atoms. The molecule has 0 atom stereocenters. The van der Waals surface area contributed by atoms with Gasteiger partial charge in [0.1, 0.15) is 0 Å². The third-order valence-electron chi connectivity index (χ3n) is 3.40. The summed E-state index contributed by atoms with van der Waals surface area (Å²) in [6.07, 6.45) is 3.67. The van der Waals surface area contributed by atoms with E-state index < -0.39 is 0 Å². The van der Waals surface area contributed by atoms with Crippen molar-refractivity contribution in [3.63, 3.8) is 0 Å². The number of fused-ring (bicyclic) bond motifs is 1. The van der Waals surface area contributed by atoms with Crippen molar-refractivity contribution in [3.05, 3.63) is 53.2 Å². The zero-order chi connectivity index (χ0) is 14.0. The number of benzene rings is 1. The minimum absolute atomic E-state index is 0.0847. The summed E-state index contributed by atoms with van der Waals surface area (Å²) in [6, 6.07) is 5.96. The number of allylic oxidation sites excluding steroid dienone is 1. The van der Waals surface area contributed by atoms with Crippen LogP contribution in [0.15, 0.2) is 36.5 Å². The molecular formula is C17H19NO. The summed E-state index contributed by atoms with van der Waals surface area (Å²) in [5, 5.41) is 0.951. The lowest BCUT2D eigenvalue weighted by Gasteiger charge is -2.10. The van der Waals surface area contributed by atoms with E-state index in [-0.39, 0.29) is 5.78 Å². The van der Waals surface area contributed by atoms with Crippen molar-refractivity contribution >= 4 is 16.7 Å². The Kier molecular flexibility index (Phi) is 3.79.